The van der Waals surface area contributed by atoms with Crippen molar-refractivity contribution in [2.45, 2.75) is 25.3 Å². The Morgan fingerprint density at radius 3 is 2.70 bits per heavy atom. The average Bonchev–Trinajstić information content (AvgIpc) is 3.20. The molecule has 5 heteroatoms. The number of nitrogens with zero attached hydrogens (tertiary/aromatic N) is 2. The molecule has 2 aliphatic rings. The van der Waals surface area contributed by atoms with Gasteiger partial charge in [-0.1, -0.05) is 30.3 Å². The summed E-state index contributed by atoms with van der Waals surface area (Å²) in [5.74, 6) is 0.543. The van der Waals surface area contributed by atoms with Crippen molar-refractivity contribution in [3.8, 4) is 0 Å². The predicted octanol–water partition coefficient (Wildman–Crippen LogP) is 1.91. The summed E-state index contributed by atoms with van der Waals surface area (Å²) in [5, 5.41) is 9.99. The summed E-state index contributed by atoms with van der Waals surface area (Å²) in [6.07, 6.45) is 5.67. The lowest BCUT2D eigenvalue weighted by Gasteiger charge is -2.41. The normalized spacial score (nSPS) is 24.0. The van der Waals surface area contributed by atoms with E-state index in [1.165, 1.54) is 11.1 Å². The van der Waals surface area contributed by atoms with Gasteiger partial charge in [-0.15, -0.1) is 0 Å². The first-order chi connectivity index (χ1) is 11.3. The van der Waals surface area contributed by atoms with Crippen molar-refractivity contribution >= 4 is 5.91 Å². The standard InChI is InChI=1S/C18H22N4O/c23-17-18(16(12-19-17)15-4-2-1-3-5-15)6-8-22(9-7-18)13-14-10-20-21-11-14/h1-5,10-11,16H,6-9,12-13H2,(H,19,23)(H,20,21). The van der Waals surface area contributed by atoms with E-state index in [4.69, 9.17) is 0 Å². The van der Waals surface area contributed by atoms with Crippen LogP contribution in [0.4, 0.5) is 0 Å². The van der Waals surface area contributed by atoms with Crippen molar-refractivity contribution < 1.29 is 4.79 Å². The van der Waals surface area contributed by atoms with E-state index in [1.807, 2.05) is 18.5 Å². The summed E-state index contributed by atoms with van der Waals surface area (Å²) >= 11 is 0. The van der Waals surface area contributed by atoms with Crippen molar-refractivity contribution in [2.24, 2.45) is 5.41 Å². The number of rotatable bonds is 3. The highest BCUT2D eigenvalue weighted by molar-refractivity contribution is 5.86. The van der Waals surface area contributed by atoms with Crippen LogP contribution in [0.25, 0.3) is 0 Å². The van der Waals surface area contributed by atoms with E-state index in [9.17, 15) is 4.79 Å². The van der Waals surface area contributed by atoms with Gasteiger partial charge in [-0.2, -0.15) is 5.10 Å². The number of benzene rings is 1. The molecule has 0 aliphatic carbocycles. The molecule has 4 rings (SSSR count). The molecule has 3 heterocycles. The molecule has 23 heavy (non-hydrogen) atoms. The van der Waals surface area contributed by atoms with Crippen LogP contribution in [0.2, 0.25) is 0 Å². The molecule has 120 valence electrons. The Hall–Kier alpha value is -2.14. The maximum Gasteiger partial charge on any atom is 0.227 e. The number of H-pyrrole nitrogens is 1. The second-order valence-corrected chi connectivity index (χ2v) is 6.71. The number of piperidine rings is 1. The van der Waals surface area contributed by atoms with Gasteiger partial charge >= 0.3 is 0 Å². The topological polar surface area (TPSA) is 61.0 Å². The Morgan fingerprint density at radius 2 is 2.00 bits per heavy atom. The lowest BCUT2D eigenvalue weighted by atomic mass is 9.68. The zero-order chi connectivity index (χ0) is 15.7. The molecule has 0 bridgehead atoms. The molecular weight excluding hydrogens is 288 g/mol. The fourth-order valence-electron chi connectivity index (χ4n) is 4.15. The third-order valence-electron chi connectivity index (χ3n) is 5.50. The van der Waals surface area contributed by atoms with Crippen LogP contribution in [0.3, 0.4) is 0 Å². The van der Waals surface area contributed by atoms with Crippen LogP contribution >= 0.6 is 0 Å². The molecule has 2 fully saturated rings. The quantitative estimate of drug-likeness (QED) is 0.910. The van der Waals surface area contributed by atoms with E-state index in [0.717, 1.165) is 39.0 Å². The number of amides is 1. The van der Waals surface area contributed by atoms with Gasteiger partial charge in [0.2, 0.25) is 5.91 Å². The molecule has 2 aliphatic heterocycles. The van der Waals surface area contributed by atoms with Gasteiger partial charge in [0.05, 0.1) is 11.6 Å². The van der Waals surface area contributed by atoms with Gasteiger partial charge in [0.1, 0.15) is 0 Å². The maximum absolute atomic E-state index is 12.6. The fourth-order valence-corrected chi connectivity index (χ4v) is 4.15. The van der Waals surface area contributed by atoms with Crippen molar-refractivity contribution in [1.82, 2.24) is 20.4 Å². The highest BCUT2D eigenvalue weighted by Crippen LogP contribution is 2.47. The first-order valence-corrected chi connectivity index (χ1v) is 8.31. The van der Waals surface area contributed by atoms with Crippen molar-refractivity contribution in [3.63, 3.8) is 0 Å². The van der Waals surface area contributed by atoms with Crippen molar-refractivity contribution in [2.75, 3.05) is 19.6 Å². The van der Waals surface area contributed by atoms with Gasteiger partial charge in [0.25, 0.3) is 0 Å². The van der Waals surface area contributed by atoms with Gasteiger partial charge in [-0.05, 0) is 31.5 Å². The Bertz CT molecular complexity index is 660. The third-order valence-corrected chi connectivity index (χ3v) is 5.50. The monoisotopic (exact) mass is 310 g/mol. The van der Waals surface area contributed by atoms with E-state index in [-0.39, 0.29) is 11.3 Å². The summed E-state index contributed by atoms with van der Waals surface area (Å²) in [7, 11) is 0. The summed E-state index contributed by atoms with van der Waals surface area (Å²) < 4.78 is 0. The molecule has 0 saturated carbocycles. The van der Waals surface area contributed by atoms with Crippen LogP contribution in [0.1, 0.15) is 29.9 Å². The lowest BCUT2D eigenvalue weighted by molar-refractivity contribution is -0.130. The minimum atomic E-state index is -0.228. The SMILES string of the molecule is O=C1NCC(c2ccccc2)C12CCN(Cc1cn[nH]c1)CC2. The van der Waals surface area contributed by atoms with Crippen LogP contribution in [-0.4, -0.2) is 40.6 Å². The first kappa shape index (κ1) is 14.5. The zero-order valence-electron chi connectivity index (χ0n) is 13.2. The van der Waals surface area contributed by atoms with Crippen LogP contribution < -0.4 is 5.32 Å². The Labute approximate surface area is 136 Å². The van der Waals surface area contributed by atoms with Gasteiger partial charge in [0, 0.05) is 30.8 Å². The molecule has 1 aromatic heterocycles. The van der Waals surface area contributed by atoms with Crippen molar-refractivity contribution in [1.29, 1.82) is 0 Å². The smallest absolute Gasteiger partial charge is 0.227 e. The van der Waals surface area contributed by atoms with Gasteiger partial charge < -0.3 is 5.32 Å². The third kappa shape index (κ3) is 2.55. The number of carbonyl (C=O) groups is 1. The minimum Gasteiger partial charge on any atom is -0.355 e. The van der Waals surface area contributed by atoms with Crippen LogP contribution in [0, 0.1) is 5.41 Å². The van der Waals surface area contributed by atoms with E-state index in [2.05, 4.69) is 44.7 Å². The molecule has 1 amide bonds. The molecule has 1 spiro atoms. The number of hydrogen-bond donors (Lipinski definition) is 2. The molecule has 1 atom stereocenters. The second kappa shape index (κ2) is 5.81. The van der Waals surface area contributed by atoms with Crippen molar-refractivity contribution in [3.05, 3.63) is 53.9 Å². The summed E-state index contributed by atoms with van der Waals surface area (Å²) in [6, 6.07) is 10.5. The summed E-state index contributed by atoms with van der Waals surface area (Å²) in [5.41, 5.74) is 2.26. The second-order valence-electron chi connectivity index (χ2n) is 6.71. The van der Waals surface area contributed by atoms with Gasteiger partial charge in [0.15, 0.2) is 0 Å². The van der Waals surface area contributed by atoms with E-state index in [1.54, 1.807) is 0 Å². The molecule has 5 nitrogen and oxygen atoms in total. The number of hydrogen-bond acceptors (Lipinski definition) is 3. The van der Waals surface area contributed by atoms with Crippen LogP contribution in [-0.2, 0) is 11.3 Å². The maximum atomic E-state index is 12.6. The molecule has 2 saturated heterocycles. The van der Waals surface area contributed by atoms with E-state index >= 15 is 0 Å². The largest absolute Gasteiger partial charge is 0.355 e. The first-order valence-electron chi connectivity index (χ1n) is 8.31. The number of likely N-dealkylation sites (tertiary alicyclic amines) is 1. The van der Waals surface area contributed by atoms with Crippen LogP contribution in [0.15, 0.2) is 42.7 Å². The van der Waals surface area contributed by atoms with Crippen LogP contribution in [0.5, 0.6) is 0 Å². The molecular formula is C18H22N4O. The molecule has 1 unspecified atom stereocenters. The number of aromatic nitrogens is 2. The Kier molecular flexibility index (Phi) is 3.65. The molecule has 1 aromatic carbocycles. The number of aromatic amines is 1. The molecule has 0 radical (unpaired) electrons. The number of carbonyl (C=O) groups excluding carboxylic acids is 1. The Balaban J connectivity index is 1.50. The number of nitrogens with one attached hydrogen (secondary N) is 2. The summed E-state index contributed by atoms with van der Waals surface area (Å²) in [6.45, 7) is 3.60. The van der Waals surface area contributed by atoms with Gasteiger partial charge in [-0.25, -0.2) is 0 Å². The fraction of sp³-hybridized carbons (Fsp3) is 0.444. The highest BCUT2D eigenvalue weighted by atomic mass is 16.2. The molecule has 2 N–H and O–H groups in total. The molecule has 2 aromatic rings. The summed E-state index contributed by atoms with van der Waals surface area (Å²) in [4.78, 5) is 15.0. The average molecular weight is 310 g/mol. The minimum absolute atomic E-state index is 0.228. The predicted molar refractivity (Wildman–Crippen MR) is 87.7 cm³/mol. The van der Waals surface area contributed by atoms with Gasteiger partial charge in [-0.3, -0.25) is 14.8 Å². The van der Waals surface area contributed by atoms with E-state index in [0.29, 0.717) is 5.92 Å². The Morgan fingerprint density at radius 1 is 1.22 bits per heavy atom. The zero-order valence-corrected chi connectivity index (χ0v) is 13.2. The highest BCUT2D eigenvalue weighted by Gasteiger charge is 2.51. The lowest BCUT2D eigenvalue weighted by Crippen LogP contribution is -2.45. The van der Waals surface area contributed by atoms with E-state index < -0.39 is 0 Å².